The second kappa shape index (κ2) is 5.38. The van der Waals surface area contributed by atoms with Crippen LogP contribution in [0.4, 0.5) is 5.13 Å². The number of aliphatic hydroxyl groups excluding tert-OH is 1. The van der Waals surface area contributed by atoms with Crippen molar-refractivity contribution >= 4 is 32.4 Å². The first-order chi connectivity index (χ1) is 7.78. The van der Waals surface area contributed by atoms with Gasteiger partial charge in [0.15, 0.2) is 3.92 Å². The molecule has 0 fully saturated rings. The fourth-order valence-electron chi connectivity index (χ4n) is 1.22. The average Bonchev–Trinajstić information content (AvgIpc) is 2.73. The smallest absolute Gasteiger partial charge is 0.206 e. The van der Waals surface area contributed by atoms with Crippen LogP contribution in [0.5, 0.6) is 0 Å². The van der Waals surface area contributed by atoms with E-state index < -0.39 is 0 Å². The molecule has 4 nitrogen and oxygen atoms in total. The van der Waals surface area contributed by atoms with Crippen molar-refractivity contribution in [3.05, 3.63) is 39.3 Å². The Hall–Kier alpha value is -0.980. The van der Waals surface area contributed by atoms with Crippen LogP contribution in [-0.2, 0) is 13.2 Å². The van der Waals surface area contributed by atoms with Crippen LogP contribution >= 0.6 is 27.3 Å². The van der Waals surface area contributed by atoms with E-state index in [0.717, 1.165) is 20.2 Å². The Bertz CT molecular complexity index is 457. The highest BCUT2D eigenvalue weighted by atomic mass is 79.9. The zero-order valence-corrected chi connectivity index (χ0v) is 10.8. The number of aromatic nitrogens is 2. The highest BCUT2D eigenvalue weighted by molar-refractivity contribution is 9.11. The highest BCUT2D eigenvalue weighted by Gasteiger charge is 2.00. The lowest BCUT2D eigenvalue weighted by atomic mass is 10.1. The van der Waals surface area contributed by atoms with Gasteiger partial charge in [-0.2, -0.15) is 0 Å². The van der Waals surface area contributed by atoms with E-state index in [2.05, 4.69) is 31.4 Å². The van der Waals surface area contributed by atoms with Crippen LogP contribution in [0.15, 0.2) is 28.2 Å². The summed E-state index contributed by atoms with van der Waals surface area (Å²) in [5.74, 6) is 0. The van der Waals surface area contributed by atoms with E-state index in [9.17, 15) is 0 Å². The van der Waals surface area contributed by atoms with Crippen molar-refractivity contribution in [2.24, 2.45) is 0 Å². The first kappa shape index (κ1) is 11.5. The van der Waals surface area contributed by atoms with Crippen molar-refractivity contribution in [3.8, 4) is 0 Å². The Balaban J connectivity index is 1.94. The molecule has 0 aliphatic heterocycles. The van der Waals surface area contributed by atoms with Gasteiger partial charge < -0.3 is 10.4 Å². The molecule has 0 unspecified atom stereocenters. The van der Waals surface area contributed by atoms with Crippen LogP contribution in [0, 0.1) is 0 Å². The van der Waals surface area contributed by atoms with Crippen molar-refractivity contribution in [1.82, 2.24) is 10.2 Å². The standard InChI is InChI=1S/C10H10BrN3OS/c11-9-13-14-10(16-9)12-5-7-1-3-8(6-15)4-2-7/h1-4,15H,5-6H2,(H,12,14). The highest BCUT2D eigenvalue weighted by Crippen LogP contribution is 2.20. The lowest BCUT2D eigenvalue weighted by Gasteiger charge is -2.03. The summed E-state index contributed by atoms with van der Waals surface area (Å²) in [6, 6.07) is 7.78. The summed E-state index contributed by atoms with van der Waals surface area (Å²) in [7, 11) is 0. The van der Waals surface area contributed by atoms with E-state index >= 15 is 0 Å². The molecule has 0 atom stereocenters. The zero-order valence-electron chi connectivity index (χ0n) is 8.35. The summed E-state index contributed by atoms with van der Waals surface area (Å²) in [4.78, 5) is 0. The van der Waals surface area contributed by atoms with Crippen molar-refractivity contribution in [1.29, 1.82) is 0 Å². The molecule has 16 heavy (non-hydrogen) atoms. The molecule has 0 amide bonds. The minimum absolute atomic E-state index is 0.0804. The van der Waals surface area contributed by atoms with Gasteiger partial charge in [-0.05, 0) is 27.1 Å². The SMILES string of the molecule is OCc1ccc(CNc2nnc(Br)s2)cc1. The van der Waals surface area contributed by atoms with Crippen LogP contribution in [0.25, 0.3) is 0 Å². The van der Waals surface area contributed by atoms with E-state index in [1.54, 1.807) is 0 Å². The molecule has 2 rings (SSSR count). The van der Waals surface area contributed by atoms with Crippen molar-refractivity contribution in [2.45, 2.75) is 13.2 Å². The number of nitrogens with zero attached hydrogens (tertiary/aromatic N) is 2. The predicted molar refractivity (Wildman–Crippen MR) is 67.3 cm³/mol. The quantitative estimate of drug-likeness (QED) is 0.910. The molecule has 2 N–H and O–H groups in total. The van der Waals surface area contributed by atoms with Crippen molar-refractivity contribution in [2.75, 3.05) is 5.32 Å². The molecule has 0 aliphatic carbocycles. The molecule has 0 spiro atoms. The molecule has 1 aromatic carbocycles. The normalized spacial score (nSPS) is 10.4. The van der Waals surface area contributed by atoms with Gasteiger partial charge in [0.1, 0.15) is 0 Å². The van der Waals surface area contributed by atoms with E-state index in [0.29, 0.717) is 6.54 Å². The Kier molecular flexibility index (Phi) is 3.87. The van der Waals surface area contributed by atoms with Gasteiger partial charge in [-0.1, -0.05) is 35.6 Å². The molecule has 84 valence electrons. The largest absolute Gasteiger partial charge is 0.392 e. The monoisotopic (exact) mass is 299 g/mol. The van der Waals surface area contributed by atoms with Gasteiger partial charge in [-0.25, -0.2) is 0 Å². The predicted octanol–water partition coefficient (Wildman–Crippen LogP) is 2.41. The van der Waals surface area contributed by atoms with E-state index in [1.807, 2.05) is 24.3 Å². The lowest BCUT2D eigenvalue weighted by molar-refractivity contribution is 0.282. The molecule has 0 radical (unpaired) electrons. The van der Waals surface area contributed by atoms with Gasteiger partial charge in [0.05, 0.1) is 6.61 Å². The molecular formula is C10H10BrN3OS. The molecule has 1 heterocycles. The van der Waals surface area contributed by atoms with Gasteiger partial charge >= 0.3 is 0 Å². The van der Waals surface area contributed by atoms with Gasteiger partial charge in [0, 0.05) is 6.54 Å². The summed E-state index contributed by atoms with van der Waals surface area (Å²) in [6.07, 6.45) is 0. The third-order valence-electron chi connectivity index (χ3n) is 2.05. The number of hydrogen-bond donors (Lipinski definition) is 2. The Morgan fingerprint density at radius 1 is 1.19 bits per heavy atom. The lowest BCUT2D eigenvalue weighted by Crippen LogP contribution is -1.99. The molecular weight excluding hydrogens is 290 g/mol. The molecule has 0 aliphatic rings. The summed E-state index contributed by atoms with van der Waals surface area (Å²) < 4.78 is 0.769. The number of aliphatic hydroxyl groups is 1. The topological polar surface area (TPSA) is 58.0 Å². The molecule has 0 saturated carbocycles. The fourth-order valence-corrected chi connectivity index (χ4v) is 2.22. The minimum Gasteiger partial charge on any atom is -0.392 e. The summed E-state index contributed by atoms with van der Waals surface area (Å²) in [6.45, 7) is 0.782. The van der Waals surface area contributed by atoms with Gasteiger partial charge in [0.2, 0.25) is 5.13 Å². The number of hydrogen-bond acceptors (Lipinski definition) is 5. The fraction of sp³-hybridized carbons (Fsp3) is 0.200. The van der Waals surface area contributed by atoms with Gasteiger partial charge in [-0.3, -0.25) is 0 Å². The Morgan fingerprint density at radius 2 is 1.88 bits per heavy atom. The number of anilines is 1. The third kappa shape index (κ3) is 3.01. The molecule has 6 heteroatoms. The molecule has 0 saturated heterocycles. The van der Waals surface area contributed by atoms with Crippen molar-refractivity contribution in [3.63, 3.8) is 0 Å². The van der Waals surface area contributed by atoms with Crippen LogP contribution < -0.4 is 5.32 Å². The molecule has 0 bridgehead atoms. The van der Waals surface area contributed by atoms with E-state index in [-0.39, 0.29) is 6.61 Å². The summed E-state index contributed by atoms with van der Waals surface area (Å²) >= 11 is 4.71. The van der Waals surface area contributed by atoms with Crippen LogP contribution in [0.3, 0.4) is 0 Å². The van der Waals surface area contributed by atoms with Gasteiger partial charge in [0.25, 0.3) is 0 Å². The summed E-state index contributed by atoms with van der Waals surface area (Å²) in [5, 5.41) is 20.6. The molecule has 1 aromatic heterocycles. The maximum Gasteiger partial charge on any atom is 0.206 e. The van der Waals surface area contributed by atoms with Crippen LogP contribution in [0.2, 0.25) is 0 Å². The maximum atomic E-state index is 8.90. The number of benzene rings is 1. The molecule has 2 aromatic rings. The van der Waals surface area contributed by atoms with Gasteiger partial charge in [-0.15, -0.1) is 10.2 Å². The first-order valence-corrected chi connectivity index (χ1v) is 6.30. The maximum absolute atomic E-state index is 8.90. The van der Waals surface area contributed by atoms with Crippen LogP contribution in [-0.4, -0.2) is 15.3 Å². The van der Waals surface area contributed by atoms with Crippen LogP contribution in [0.1, 0.15) is 11.1 Å². The van der Waals surface area contributed by atoms with E-state index in [1.165, 1.54) is 11.3 Å². The van der Waals surface area contributed by atoms with Crippen molar-refractivity contribution < 1.29 is 5.11 Å². The number of halogens is 1. The number of nitrogens with one attached hydrogen (secondary N) is 1. The average molecular weight is 300 g/mol. The zero-order chi connectivity index (χ0) is 11.4. The Labute approximate surface area is 105 Å². The van der Waals surface area contributed by atoms with E-state index in [4.69, 9.17) is 5.11 Å². The Morgan fingerprint density at radius 3 is 2.44 bits per heavy atom. The minimum atomic E-state index is 0.0804. The second-order valence-corrected chi connectivity index (χ2v) is 5.44. The second-order valence-electron chi connectivity index (χ2n) is 3.19. The summed E-state index contributed by atoms with van der Waals surface area (Å²) in [5.41, 5.74) is 2.06. The third-order valence-corrected chi connectivity index (χ3v) is 3.36. The number of rotatable bonds is 4. The first-order valence-electron chi connectivity index (χ1n) is 4.69.